The molecule has 1 saturated carbocycles. The van der Waals surface area contributed by atoms with Crippen LogP contribution in [0.3, 0.4) is 0 Å². The van der Waals surface area contributed by atoms with Gasteiger partial charge in [-0.15, -0.1) is 0 Å². The Morgan fingerprint density at radius 2 is 2.05 bits per heavy atom. The second-order valence-corrected chi connectivity index (χ2v) is 7.67. The molecule has 1 aliphatic heterocycles. The Morgan fingerprint density at radius 1 is 1.25 bits per heavy atom. The molecule has 110 valence electrons. The van der Waals surface area contributed by atoms with Gasteiger partial charge < -0.3 is 4.74 Å². The van der Waals surface area contributed by atoms with Crippen molar-refractivity contribution in [3.63, 3.8) is 0 Å². The fraction of sp³-hybridized carbons (Fsp3) is 0.647. The van der Waals surface area contributed by atoms with Gasteiger partial charge in [-0.05, 0) is 36.5 Å². The van der Waals surface area contributed by atoms with E-state index in [1.54, 1.807) is 0 Å². The topological polar surface area (TPSA) is 9.23 Å². The summed E-state index contributed by atoms with van der Waals surface area (Å²) in [6.45, 7) is 0.797. The van der Waals surface area contributed by atoms with Crippen LogP contribution >= 0.6 is 27.5 Å². The maximum absolute atomic E-state index is 6.25. The van der Waals surface area contributed by atoms with Gasteiger partial charge in [-0.3, -0.25) is 0 Å². The lowest BCUT2D eigenvalue weighted by Gasteiger charge is -2.23. The largest absolute Gasteiger partial charge is 0.493 e. The highest BCUT2D eigenvalue weighted by Gasteiger charge is 2.23. The van der Waals surface area contributed by atoms with E-state index in [1.807, 2.05) is 6.07 Å². The van der Waals surface area contributed by atoms with Crippen molar-refractivity contribution < 1.29 is 4.74 Å². The van der Waals surface area contributed by atoms with Crippen molar-refractivity contribution in [1.82, 2.24) is 0 Å². The molecule has 0 saturated heterocycles. The SMILES string of the molecule is Clc1cc2c(c(C(Br)CCC3CCCCC3)c1)OCC2. The van der Waals surface area contributed by atoms with Crippen molar-refractivity contribution in [3.05, 3.63) is 28.3 Å². The minimum Gasteiger partial charge on any atom is -0.493 e. The number of ether oxygens (including phenoxy) is 1. The number of hydrogen-bond donors (Lipinski definition) is 0. The van der Waals surface area contributed by atoms with Crippen LogP contribution < -0.4 is 4.74 Å². The molecule has 3 heteroatoms. The summed E-state index contributed by atoms with van der Waals surface area (Å²) in [7, 11) is 0. The molecule has 2 aliphatic rings. The molecule has 0 N–H and O–H groups in total. The van der Waals surface area contributed by atoms with Crippen molar-refractivity contribution in [2.75, 3.05) is 6.61 Å². The molecule has 0 bridgehead atoms. The van der Waals surface area contributed by atoms with Crippen molar-refractivity contribution in [2.24, 2.45) is 5.92 Å². The number of halogens is 2. The van der Waals surface area contributed by atoms with Crippen LogP contribution in [0.2, 0.25) is 5.02 Å². The Bertz CT molecular complexity index is 468. The minimum atomic E-state index is 0.370. The Kier molecular flexibility index (Phi) is 4.93. The van der Waals surface area contributed by atoms with Crippen molar-refractivity contribution in [1.29, 1.82) is 0 Å². The highest BCUT2D eigenvalue weighted by atomic mass is 79.9. The van der Waals surface area contributed by atoms with E-state index in [0.717, 1.165) is 29.7 Å². The summed E-state index contributed by atoms with van der Waals surface area (Å²) in [5.41, 5.74) is 2.52. The van der Waals surface area contributed by atoms with Gasteiger partial charge in [-0.1, -0.05) is 59.6 Å². The molecule has 1 aromatic carbocycles. The fourth-order valence-electron chi connectivity index (χ4n) is 3.54. The zero-order chi connectivity index (χ0) is 13.9. The summed E-state index contributed by atoms with van der Waals surface area (Å²) in [5, 5.41) is 0.839. The molecule has 1 aromatic rings. The van der Waals surface area contributed by atoms with Crippen LogP contribution in [0, 0.1) is 5.92 Å². The molecule has 0 amide bonds. The summed E-state index contributed by atoms with van der Waals surface area (Å²) in [5.74, 6) is 2.01. The molecule has 0 radical (unpaired) electrons. The van der Waals surface area contributed by atoms with Crippen LogP contribution in [0.4, 0.5) is 0 Å². The maximum Gasteiger partial charge on any atom is 0.127 e. The predicted octanol–water partition coefficient (Wildman–Crippen LogP) is 6.07. The minimum absolute atomic E-state index is 0.370. The van der Waals surface area contributed by atoms with Gasteiger partial charge in [-0.25, -0.2) is 0 Å². The molecular weight excluding hydrogens is 336 g/mol. The molecule has 1 fully saturated rings. The molecule has 1 unspecified atom stereocenters. The normalized spacial score (nSPS) is 20.5. The zero-order valence-electron chi connectivity index (χ0n) is 11.8. The van der Waals surface area contributed by atoms with Crippen LogP contribution in [-0.2, 0) is 6.42 Å². The number of alkyl halides is 1. The Hall–Kier alpha value is -0.210. The second kappa shape index (κ2) is 6.70. The Balaban J connectivity index is 1.66. The molecule has 20 heavy (non-hydrogen) atoms. The fourth-order valence-corrected chi connectivity index (χ4v) is 4.40. The number of rotatable bonds is 4. The molecule has 0 aromatic heterocycles. The number of fused-ring (bicyclic) bond motifs is 1. The van der Waals surface area contributed by atoms with E-state index in [4.69, 9.17) is 16.3 Å². The first-order valence-corrected chi connectivity index (χ1v) is 9.12. The quantitative estimate of drug-likeness (QED) is 0.594. The van der Waals surface area contributed by atoms with Crippen LogP contribution in [0.1, 0.15) is 60.9 Å². The summed E-state index contributed by atoms with van der Waals surface area (Å²) in [6, 6.07) is 4.13. The van der Waals surface area contributed by atoms with Crippen molar-refractivity contribution >= 4 is 27.5 Å². The van der Waals surface area contributed by atoms with Crippen molar-refractivity contribution in [3.8, 4) is 5.75 Å². The smallest absolute Gasteiger partial charge is 0.127 e. The first kappa shape index (κ1) is 14.7. The third-order valence-electron chi connectivity index (χ3n) is 4.67. The highest BCUT2D eigenvalue weighted by molar-refractivity contribution is 9.09. The van der Waals surface area contributed by atoms with Gasteiger partial charge in [0.15, 0.2) is 0 Å². The third-order valence-corrected chi connectivity index (χ3v) is 5.84. The Morgan fingerprint density at radius 3 is 2.85 bits per heavy atom. The van der Waals surface area contributed by atoms with E-state index in [-0.39, 0.29) is 0 Å². The monoisotopic (exact) mass is 356 g/mol. The molecule has 1 heterocycles. The first-order chi connectivity index (χ1) is 9.74. The molecule has 1 atom stereocenters. The van der Waals surface area contributed by atoms with E-state index < -0.39 is 0 Å². The van der Waals surface area contributed by atoms with E-state index in [0.29, 0.717) is 4.83 Å². The van der Waals surface area contributed by atoms with Gasteiger partial charge in [0, 0.05) is 21.8 Å². The molecule has 1 aliphatic carbocycles. The van der Waals surface area contributed by atoms with E-state index in [2.05, 4.69) is 22.0 Å². The zero-order valence-corrected chi connectivity index (χ0v) is 14.2. The molecule has 1 nitrogen and oxygen atoms in total. The van der Waals surface area contributed by atoms with E-state index in [1.165, 1.54) is 56.1 Å². The maximum atomic E-state index is 6.25. The molecular formula is C17H22BrClO. The average Bonchev–Trinajstić information content (AvgIpc) is 2.93. The van der Waals surface area contributed by atoms with Gasteiger partial charge in [0.05, 0.1) is 6.61 Å². The van der Waals surface area contributed by atoms with Crippen molar-refractivity contribution in [2.45, 2.75) is 56.2 Å². The van der Waals surface area contributed by atoms with Gasteiger partial charge >= 0.3 is 0 Å². The van der Waals surface area contributed by atoms with Gasteiger partial charge in [0.1, 0.15) is 5.75 Å². The molecule has 3 rings (SSSR count). The van der Waals surface area contributed by atoms with Gasteiger partial charge in [0.2, 0.25) is 0 Å². The van der Waals surface area contributed by atoms with E-state index >= 15 is 0 Å². The Labute approximate surface area is 135 Å². The lowest BCUT2D eigenvalue weighted by Crippen LogP contribution is -2.07. The standard InChI is InChI=1S/C17H22BrClO/c18-16(7-6-12-4-2-1-3-5-12)15-11-14(19)10-13-8-9-20-17(13)15/h10-12,16H,1-9H2. The second-order valence-electron chi connectivity index (χ2n) is 6.13. The summed E-state index contributed by atoms with van der Waals surface area (Å²) in [4.78, 5) is 0.370. The van der Waals surface area contributed by atoms with Crippen LogP contribution in [-0.4, -0.2) is 6.61 Å². The summed E-state index contributed by atoms with van der Waals surface area (Å²) in [6.07, 6.45) is 10.6. The van der Waals surface area contributed by atoms with Gasteiger partial charge in [0.25, 0.3) is 0 Å². The van der Waals surface area contributed by atoms with Crippen LogP contribution in [0.25, 0.3) is 0 Å². The lowest BCUT2D eigenvalue weighted by atomic mass is 9.85. The predicted molar refractivity (Wildman–Crippen MR) is 88.1 cm³/mol. The lowest BCUT2D eigenvalue weighted by molar-refractivity contribution is 0.329. The highest BCUT2D eigenvalue weighted by Crippen LogP contribution is 2.42. The number of benzene rings is 1. The van der Waals surface area contributed by atoms with Crippen LogP contribution in [0.5, 0.6) is 5.75 Å². The van der Waals surface area contributed by atoms with E-state index in [9.17, 15) is 0 Å². The van der Waals surface area contributed by atoms with Gasteiger partial charge in [-0.2, -0.15) is 0 Å². The summed E-state index contributed by atoms with van der Waals surface area (Å²) < 4.78 is 5.81. The number of hydrogen-bond acceptors (Lipinski definition) is 1. The summed E-state index contributed by atoms with van der Waals surface area (Å²) >= 11 is 10.1. The average molecular weight is 358 g/mol. The molecule has 0 spiro atoms. The third kappa shape index (κ3) is 3.33. The van der Waals surface area contributed by atoms with Crippen LogP contribution in [0.15, 0.2) is 12.1 Å². The first-order valence-electron chi connectivity index (χ1n) is 7.83.